The molecule has 2 aromatic heterocycles. The van der Waals surface area contributed by atoms with Crippen molar-refractivity contribution in [3.05, 3.63) is 159 Å². The van der Waals surface area contributed by atoms with Crippen LogP contribution in [0.15, 0.2) is 126 Å². The highest BCUT2D eigenvalue weighted by atomic mass is 32.1. The molecule has 1 aliphatic heterocycles. The van der Waals surface area contributed by atoms with Crippen LogP contribution in [0, 0.1) is 12.8 Å². The van der Waals surface area contributed by atoms with Crippen LogP contribution in [0.25, 0.3) is 0 Å². The molecular formula is C33H30N4O5S. The molecule has 3 heterocycles. The van der Waals surface area contributed by atoms with Crippen LogP contribution in [0.5, 0.6) is 0 Å². The van der Waals surface area contributed by atoms with E-state index in [4.69, 9.17) is 21.7 Å². The third-order valence-corrected chi connectivity index (χ3v) is 8.32. The first-order chi connectivity index (χ1) is 20.9. The summed E-state index contributed by atoms with van der Waals surface area (Å²) in [5, 5.41) is 11.8. The number of aryl methyl sites for hydroxylation is 1. The van der Waals surface area contributed by atoms with Crippen LogP contribution in [0.3, 0.4) is 0 Å². The molecule has 0 radical (unpaired) electrons. The number of aromatic nitrogens is 4. The first-order valence-electron chi connectivity index (χ1n) is 13.9. The predicted molar refractivity (Wildman–Crippen MR) is 165 cm³/mol. The van der Waals surface area contributed by atoms with E-state index in [1.165, 1.54) is 17.1 Å². The van der Waals surface area contributed by atoms with E-state index in [1.54, 1.807) is 23.9 Å². The molecule has 9 nitrogen and oxygen atoms in total. The molecule has 1 fully saturated rings. The lowest BCUT2D eigenvalue weighted by molar-refractivity contribution is -0.0946. The maximum atomic E-state index is 13.0. The summed E-state index contributed by atoms with van der Waals surface area (Å²) in [6.07, 6.45) is 3.15. The van der Waals surface area contributed by atoms with Gasteiger partial charge >= 0.3 is 5.69 Å². The smallest absolute Gasteiger partial charge is 0.330 e. The third kappa shape index (κ3) is 5.30. The predicted octanol–water partition coefficient (Wildman–Crippen LogP) is 3.80. The molecule has 4 atom stereocenters. The Balaban J connectivity index is 1.42. The van der Waals surface area contributed by atoms with Gasteiger partial charge in [0.25, 0.3) is 5.56 Å². The lowest BCUT2D eigenvalue weighted by Crippen LogP contribution is -2.41. The van der Waals surface area contributed by atoms with Gasteiger partial charge in [0.15, 0.2) is 6.23 Å². The van der Waals surface area contributed by atoms with E-state index < -0.39 is 41.2 Å². The van der Waals surface area contributed by atoms with Crippen molar-refractivity contribution in [2.75, 3.05) is 6.61 Å². The molecule has 1 aliphatic rings. The fourth-order valence-corrected chi connectivity index (χ4v) is 6.07. The van der Waals surface area contributed by atoms with Crippen molar-refractivity contribution in [1.82, 2.24) is 19.1 Å². The Morgan fingerprint density at radius 1 is 0.977 bits per heavy atom. The van der Waals surface area contributed by atoms with Gasteiger partial charge in [-0.2, -0.15) is 0 Å². The Kier molecular flexibility index (Phi) is 8.00. The molecule has 2 N–H and O–H groups in total. The van der Waals surface area contributed by atoms with Crippen LogP contribution in [-0.4, -0.2) is 48.0 Å². The van der Waals surface area contributed by atoms with Gasteiger partial charge in [-0.3, -0.25) is 18.9 Å². The molecule has 2 unspecified atom stereocenters. The highest BCUT2D eigenvalue weighted by Crippen LogP contribution is 2.42. The topological polar surface area (TPSA) is 111 Å². The molecule has 218 valence electrons. The van der Waals surface area contributed by atoms with Crippen LogP contribution in [0.1, 0.15) is 28.5 Å². The zero-order valence-corrected chi connectivity index (χ0v) is 24.1. The van der Waals surface area contributed by atoms with Crippen LogP contribution >= 0.6 is 12.2 Å². The fourth-order valence-electron chi connectivity index (χ4n) is 5.70. The summed E-state index contributed by atoms with van der Waals surface area (Å²) >= 11 is 5.79. The van der Waals surface area contributed by atoms with Crippen molar-refractivity contribution in [3.8, 4) is 0 Å². The second-order valence-corrected chi connectivity index (χ2v) is 10.9. The Morgan fingerprint density at radius 3 is 2.05 bits per heavy atom. The normalized spacial score (nSPS) is 20.2. The van der Waals surface area contributed by atoms with Crippen molar-refractivity contribution in [1.29, 1.82) is 0 Å². The Labute approximate surface area is 253 Å². The largest absolute Gasteiger partial charge is 0.389 e. The van der Waals surface area contributed by atoms with Crippen molar-refractivity contribution in [2.24, 2.45) is 5.92 Å². The zero-order chi connectivity index (χ0) is 30.0. The molecular weight excluding hydrogens is 564 g/mol. The first-order valence-corrected chi connectivity index (χ1v) is 14.3. The molecule has 1 saturated heterocycles. The number of rotatable bonds is 8. The Bertz CT molecular complexity index is 1710. The number of nitrogens with one attached hydrogen (secondary N) is 1. The molecule has 6 rings (SSSR count). The quantitative estimate of drug-likeness (QED) is 0.208. The second-order valence-electron chi connectivity index (χ2n) is 10.5. The number of hydrogen-bond donors (Lipinski definition) is 2. The van der Waals surface area contributed by atoms with E-state index in [0.717, 1.165) is 16.7 Å². The summed E-state index contributed by atoms with van der Waals surface area (Å²) in [6, 6.07) is 29.7. The van der Waals surface area contributed by atoms with E-state index >= 15 is 0 Å². The number of thiocarbonyl (C=S) groups is 1. The number of aliphatic hydroxyl groups excluding tert-OH is 1. The van der Waals surface area contributed by atoms with Crippen molar-refractivity contribution in [3.63, 3.8) is 0 Å². The summed E-state index contributed by atoms with van der Waals surface area (Å²) in [5.74, 6) is -0.833. The maximum absolute atomic E-state index is 13.0. The maximum Gasteiger partial charge on any atom is 0.330 e. The molecule has 43 heavy (non-hydrogen) atoms. The van der Waals surface area contributed by atoms with Gasteiger partial charge in [0.1, 0.15) is 11.7 Å². The second kappa shape index (κ2) is 12.0. The molecule has 0 aliphatic carbocycles. The SMILES string of the molecule is Cc1cn([C@@H]2O[C@H](COC(c3ccccc3)(c3ccccc3)c3ccccc3)C(O)C2C(=S)n2ccnc2)c(=O)[nH]c1=O. The van der Waals surface area contributed by atoms with Gasteiger partial charge in [-0.1, -0.05) is 103 Å². The van der Waals surface area contributed by atoms with Gasteiger partial charge < -0.3 is 14.6 Å². The number of hydrogen-bond acceptors (Lipinski definition) is 7. The molecule has 0 amide bonds. The van der Waals surface area contributed by atoms with Gasteiger partial charge in [-0.05, 0) is 23.6 Å². The number of aromatic amines is 1. The summed E-state index contributed by atoms with van der Waals surface area (Å²) in [5.41, 5.74) is 0.808. The lowest BCUT2D eigenvalue weighted by Gasteiger charge is -2.37. The van der Waals surface area contributed by atoms with Crippen molar-refractivity contribution >= 4 is 17.2 Å². The monoisotopic (exact) mass is 594 g/mol. The number of benzene rings is 3. The Morgan fingerprint density at radius 2 is 1.53 bits per heavy atom. The number of ether oxygens (including phenoxy) is 2. The molecule has 3 aromatic carbocycles. The van der Waals surface area contributed by atoms with Crippen LogP contribution in [-0.2, 0) is 15.1 Å². The van der Waals surface area contributed by atoms with Crippen LogP contribution in [0.2, 0.25) is 0 Å². The highest BCUT2D eigenvalue weighted by molar-refractivity contribution is 7.80. The van der Waals surface area contributed by atoms with Gasteiger partial charge in [-0.25, -0.2) is 9.78 Å². The average Bonchev–Trinajstić information content (AvgIpc) is 3.69. The van der Waals surface area contributed by atoms with Crippen molar-refractivity contribution < 1.29 is 14.6 Å². The van der Waals surface area contributed by atoms with E-state index in [1.807, 2.05) is 91.0 Å². The van der Waals surface area contributed by atoms with Gasteiger partial charge in [0.2, 0.25) is 0 Å². The molecule has 5 aromatic rings. The van der Waals surface area contributed by atoms with Crippen molar-refractivity contribution in [2.45, 2.75) is 31.0 Å². The highest BCUT2D eigenvalue weighted by Gasteiger charge is 2.49. The van der Waals surface area contributed by atoms with Crippen LogP contribution < -0.4 is 11.2 Å². The number of aliphatic hydroxyl groups is 1. The molecule has 0 spiro atoms. The minimum atomic E-state index is -1.15. The minimum absolute atomic E-state index is 0.0452. The van der Waals surface area contributed by atoms with E-state index in [9.17, 15) is 14.7 Å². The van der Waals surface area contributed by atoms with Gasteiger partial charge in [0.05, 0.1) is 29.9 Å². The summed E-state index contributed by atoms with van der Waals surface area (Å²) in [6.45, 7) is 1.55. The van der Waals surface area contributed by atoms with Crippen LogP contribution in [0.4, 0.5) is 0 Å². The van der Waals surface area contributed by atoms with E-state index in [0.29, 0.717) is 10.6 Å². The van der Waals surface area contributed by atoms with E-state index in [2.05, 4.69) is 9.97 Å². The molecule has 0 saturated carbocycles. The third-order valence-electron chi connectivity index (χ3n) is 7.84. The zero-order valence-electron chi connectivity index (χ0n) is 23.3. The lowest BCUT2D eigenvalue weighted by atomic mass is 9.80. The summed E-state index contributed by atoms with van der Waals surface area (Å²) in [4.78, 5) is 31.8. The number of imidazole rings is 1. The average molecular weight is 595 g/mol. The molecule has 10 heteroatoms. The van der Waals surface area contributed by atoms with Gasteiger partial charge in [-0.15, -0.1) is 0 Å². The number of nitrogens with zero attached hydrogens (tertiary/aromatic N) is 3. The minimum Gasteiger partial charge on any atom is -0.389 e. The Hall–Kier alpha value is -4.48. The standard InChI is InChI=1S/C33H30N4O5S/c1-22-19-37(32(40)35-29(22)39)30-27(31(43)36-18-17-34-21-36)28(38)26(42-30)20-41-33(23-11-5-2-6-12-23,24-13-7-3-8-14-24)25-15-9-4-10-16-25/h2-19,21,26-28,30,38H,20H2,1H3,(H,35,39,40)/t26-,27?,28?,30-/m1/s1. The number of H-pyrrole nitrogens is 1. The summed E-state index contributed by atoms with van der Waals surface area (Å²) < 4.78 is 16.2. The van der Waals surface area contributed by atoms with Gasteiger partial charge in [0, 0.05) is 24.2 Å². The fraction of sp³-hybridized carbons (Fsp3) is 0.212. The molecule has 0 bridgehead atoms. The van der Waals surface area contributed by atoms with E-state index in [-0.39, 0.29) is 6.61 Å². The first kappa shape index (κ1) is 28.6. The summed E-state index contributed by atoms with van der Waals surface area (Å²) in [7, 11) is 0.